The third-order valence-corrected chi connectivity index (χ3v) is 2.76. The second-order valence-corrected chi connectivity index (χ2v) is 4.21. The first-order valence-corrected chi connectivity index (χ1v) is 6.23. The fraction of sp³-hybridized carbons (Fsp3) is 0.429. The lowest BCUT2D eigenvalue weighted by Gasteiger charge is -2.22. The van der Waals surface area contributed by atoms with Crippen molar-refractivity contribution in [2.45, 2.75) is 19.8 Å². The van der Waals surface area contributed by atoms with E-state index in [1.54, 1.807) is 29.2 Å². The number of aliphatic carboxylic acids is 1. The highest BCUT2D eigenvalue weighted by Crippen LogP contribution is 2.16. The number of carboxylic acids is 1. The van der Waals surface area contributed by atoms with Gasteiger partial charge in [0.15, 0.2) is 0 Å². The van der Waals surface area contributed by atoms with Crippen LogP contribution < -0.4 is 4.90 Å². The Kier molecular flexibility index (Phi) is 5.85. The molecule has 0 aliphatic rings. The number of esters is 1. The van der Waals surface area contributed by atoms with E-state index in [1.165, 1.54) is 7.11 Å². The van der Waals surface area contributed by atoms with E-state index in [-0.39, 0.29) is 6.54 Å². The first-order chi connectivity index (χ1) is 9.08. The molecule has 0 heterocycles. The van der Waals surface area contributed by atoms with E-state index in [0.29, 0.717) is 12.1 Å². The number of carbonyl (C=O) groups excluding carboxylic acids is 1. The van der Waals surface area contributed by atoms with E-state index in [1.807, 2.05) is 0 Å². The molecule has 1 aromatic carbocycles. The zero-order valence-electron chi connectivity index (χ0n) is 11.3. The van der Waals surface area contributed by atoms with Gasteiger partial charge in [-0.2, -0.15) is 0 Å². The summed E-state index contributed by atoms with van der Waals surface area (Å²) in [6, 6.07) is 6.76. The maximum absolute atomic E-state index is 11.3. The molecule has 0 saturated heterocycles. The Balaban J connectivity index is 2.83. The first kappa shape index (κ1) is 15.0. The summed E-state index contributed by atoms with van der Waals surface area (Å²) in [5.41, 5.74) is 1.25. The average Bonchev–Trinajstić information content (AvgIpc) is 2.42. The number of rotatable bonds is 7. The zero-order valence-corrected chi connectivity index (χ0v) is 11.3. The van der Waals surface area contributed by atoms with Crippen LogP contribution >= 0.6 is 0 Å². The van der Waals surface area contributed by atoms with Crippen molar-refractivity contribution >= 4 is 17.6 Å². The molecule has 0 amide bonds. The molecule has 1 aromatic rings. The topological polar surface area (TPSA) is 66.8 Å². The predicted octanol–water partition coefficient (Wildman–Crippen LogP) is 2.16. The maximum atomic E-state index is 11.3. The number of nitrogens with zero attached hydrogens (tertiary/aromatic N) is 1. The lowest BCUT2D eigenvalue weighted by molar-refractivity contribution is -0.135. The van der Waals surface area contributed by atoms with Crippen molar-refractivity contribution < 1.29 is 19.4 Å². The molecule has 0 fully saturated rings. The number of carboxylic acid groups (broad SMARTS) is 1. The SMILES string of the molecule is CCCCN(CC(=O)O)c1ccc(C(=O)OC)cc1. The summed E-state index contributed by atoms with van der Waals surface area (Å²) in [4.78, 5) is 24.0. The standard InChI is InChI=1S/C14H19NO4/c1-3-4-9-15(10-13(16)17)12-7-5-11(6-8-12)14(18)19-2/h5-8H,3-4,9-10H2,1-2H3,(H,16,17). The molecule has 0 radical (unpaired) electrons. The van der Waals surface area contributed by atoms with Crippen molar-refractivity contribution in [1.29, 1.82) is 0 Å². The van der Waals surface area contributed by atoms with Gasteiger partial charge in [-0.1, -0.05) is 13.3 Å². The highest BCUT2D eigenvalue weighted by atomic mass is 16.5. The van der Waals surface area contributed by atoms with Crippen molar-refractivity contribution in [3.8, 4) is 0 Å². The summed E-state index contributed by atoms with van der Waals surface area (Å²) in [5.74, 6) is -1.27. The Hall–Kier alpha value is -2.04. The zero-order chi connectivity index (χ0) is 14.3. The number of anilines is 1. The fourth-order valence-electron chi connectivity index (χ4n) is 1.74. The van der Waals surface area contributed by atoms with E-state index in [4.69, 9.17) is 5.11 Å². The van der Waals surface area contributed by atoms with Gasteiger partial charge < -0.3 is 14.7 Å². The Morgan fingerprint density at radius 1 is 1.26 bits per heavy atom. The number of hydrogen-bond donors (Lipinski definition) is 1. The smallest absolute Gasteiger partial charge is 0.337 e. The lowest BCUT2D eigenvalue weighted by Crippen LogP contribution is -2.30. The molecule has 0 bridgehead atoms. The molecule has 0 atom stereocenters. The van der Waals surface area contributed by atoms with Crippen LogP contribution in [0.2, 0.25) is 0 Å². The third-order valence-electron chi connectivity index (χ3n) is 2.76. The Morgan fingerprint density at radius 3 is 2.37 bits per heavy atom. The van der Waals surface area contributed by atoms with Gasteiger partial charge in [0.05, 0.1) is 12.7 Å². The van der Waals surface area contributed by atoms with Crippen molar-refractivity contribution in [2.75, 3.05) is 25.1 Å². The fourth-order valence-corrected chi connectivity index (χ4v) is 1.74. The molecule has 104 valence electrons. The monoisotopic (exact) mass is 265 g/mol. The van der Waals surface area contributed by atoms with Gasteiger partial charge in [-0.3, -0.25) is 4.79 Å². The van der Waals surface area contributed by atoms with Gasteiger partial charge in [0.25, 0.3) is 0 Å². The third kappa shape index (κ3) is 4.62. The van der Waals surface area contributed by atoms with Crippen LogP contribution in [0.15, 0.2) is 24.3 Å². The summed E-state index contributed by atoms with van der Waals surface area (Å²) in [6.07, 6.45) is 1.92. The van der Waals surface area contributed by atoms with Crippen molar-refractivity contribution in [1.82, 2.24) is 0 Å². The first-order valence-electron chi connectivity index (χ1n) is 6.23. The molecule has 5 nitrogen and oxygen atoms in total. The molecule has 0 aliphatic heterocycles. The van der Waals surface area contributed by atoms with Gasteiger partial charge in [0, 0.05) is 12.2 Å². The summed E-state index contributed by atoms with van der Waals surface area (Å²) < 4.78 is 4.62. The predicted molar refractivity (Wildman–Crippen MR) is 72.5 cm³/mol. The van der Waals surface area contributed by atoms with Gasteiger partial charge >= 0.3 is 11.9 Å². The Morgan fingerprint density at radius 2 is 1.89 bits per heavy atom. The van der Waals surface area contributed by atoms with Crippen LogP contribution in [0, 0.1) is 0 Å². The summed E-state index contributed by atoms with van der Waals surface area (Å²) >= 11 is 0. The van der Waals surface area contributed by atoms with Crippen molar-refractivity contribution in [3.05, 3.63) is 29.8 Å². The summed E-state index contributed by atoms with van der Waals surface area (Å²) in [7, 11) is 1.33. The molecular formula is C14H19NO4. The molecule has 0 unspecified atom stereocenters. The molecular weight excluding hydrogens is 246 g/mol. The van der Waals surface area contributed by atoms with E-state index in [2.05, 4.69) is 11.7 Å². The minimum Gasteiger partial charge on any atom is -0.480 e. The van der Waals surface area contributed by atoms with Crippen LogP contribution in [0.4, 0.5) is 5.69 Å². The van der Waals surface area contributed by atoms with Gasteiger partial charge in [0.2, 0.25) is 0 Å². The second kappa shape index (κ2) is 7.41. The quantitative estimate of drug-likeness (QED) is 0.765. The van der Waals surface area contributed by atoms with E-state index in [0.717, 1.165) is 18.5 Å². The largest absolute Gasteiger partial charge is 0.480 e. The van der Waals surface area contributed by atoms with E-state index < -0.39 is 11.9 Å². The summed E-state index contributed by atoms with van der Waals surface area (Å²) in [5, 5.41) is 8.91. The van der Waals surface area contributed by atoms with Crippen LogP contribution in [0.5, 0.6) is 0 Å². The minimum absolute atomic E-state index is 0.0441. The maximum Gasteiger partial charge on any atom is 0.337 e. The number of hydrogen-bond acceptors (Lipinski definition) is 4. The van der Waals surface area contributed by atoms with Crippen molar-refractivity contribution in [3.63, 3.8) is 0 Å². The van der Waals surface area contributed by atoms with Crippen LogP contribution in [-0.2, 0) is 9.53 Å². The van der Waals surface area contributed by atoms with Gasteiger partial charge in [-0.25, -0.2) is 4.79 Å². The molecule has 5 heteroatoms. The van der Waals surface area contributed by atoms with Crippen molar-refractivity contribution in [2.24, 2.45) is 0 Å². The highest BCUT2D eigenvalue weighted by molar-refractivity contribution is 5.89. The highest BCUT2D eigenvalue weighted by Gasteiger charge is 2.11. The minimum atomic E-state index is -0.867. The van der Waals surface area contributed by atoms with E-state index >= 15 is 0 Å². The van der Waals surface area contributed by atoms with Gasteiger partial charge in [-0.15, -0.1) is 0 Å². The molecule has 0 aromatic heterocycles. The number of benzene rings is 1. The second-order valence-electron chi connectivity index (χ2n) is 4.21. The molecule has 0 aliphatic carbocycles. The molecule has 1 N–H and O–H groups in total. The average molecular weight is 265 g/mol. The molecule has 0 saturated carbocycles. The number of ether oxygens (including phenoxy) is 1. The Labute approximate surface area is 112 Å². The number of unbranched alkanes of at least 4 members (excludes halogenated alkanes) is 1. The van der Waals surface area contributed by atoms with Crippen LogP contribution in [-0.4, -0.2) is 37.2 Å². The van der Waals surface area contributed by atoms with Gasteiger partial charge in [-0.05, 0) is 30.7 Å². The normalized spacial score (nSPS) is 10.0. The van der Waals surface area contributed by atoms with Crippen LogP contribution in [0.1, 0.15) is 30.1 Å². The Bertz CT molecular complexity index is 428. The molecule has 0 spiro atoms. The van der Waals surface area contributed by atoms with Crippen LogP contribution in [0.3, 0.4) is 0 Å². The van der Waals surface area contributed by atoms with Gasteiger partial charge in [0.1, 0.15) is 6.54 Å². The number of carbonyl (C=O) groups is 2. The number of methoxy groups -OCH3 is 1. The van der Waals surface area contributed by atoms with Crippen LogP contribution in [0.25, 0.3) is 0 Å². The summed E-state index contributed by atoms with van der Waals surface area (Å²) in [6.45, 7) is 2.69. The van der Waals surface area contributed by atoms with E-state index in [9.17, 15) is 9.59 Å². The molecule has 19 heavy (non-hydrogen) atoms. The lowest BCUT2D eigenvalue weighted by atomic mass is 10.2. The molecule has 1 rings (SSSR count).